The molecule has 0 heterocycles. The van der Waals surface area contributed by atoms with E-state index < -0.39 is 0 Å². The lowest BCUT2D eigenvalue weighted by Crippen LogP contribution is -2.00. The Morgan fingerprint density at radius 1 is 0.731 bits per heavy atom. The fourth-order valence-corrected chi connectivity index (χ4v) is 2.80. The zero-order valence-electron chi connectivity index (χ0n) is 15.7. The van der Waals surface area contributed by atoms with Crippen molar-refractivity contribution >= 4 is 17.2 Å². The van der Waals surface area contributed by atoms with Crippen molar-refractivity contribution in [1.29, 1.82) is 0 Å². The molecule has 0 radical (unpaired) electrons. The minimum atomic E-state index is 0.450. The average Bonchev–Trinajstić information content (AvgIpc) is 2.67. The lowest BCUT2D eigenvalue weighted by atomic mass is 10.1. The minimum absolute atomic E-state index is 0.450. The van der Waals surface area contributed by atoms with Crippen LogP contribution in [-0.2, 0) is 9.53 Å². The van der Waals surface area contributed by atoms with E-state index in [4.69, 9.17) is 9.47 Å². The molecule has 2 aromatic carbocycles. The molecule has 0 unspecified atom stereocenters. The molecule has 0 aliphatic heterocycles. The van der Waals surface area contributed by atoms with Crippen LogP contribution in [0.15, 0.2) is 36.4 Å². The number of hydrogen-bond donors (Lipinski definition) is 0. The molecule has 2 rings (SSSR count). The van der Waals surface area contributed by atoms with Crippen LogP contribution in [0.5, 0.6) is 11.5 Å². The van der Waals surface area contributed by atoms with E-state index in [9.17, 15) is 4.79 Å². The molecule has 4 heteroatoms. The second-order valence-corrected chi connectivity index (χ2v) is 6.46. The van der Waals surface area contributed by atoms with Gasteiger partial charge in [0.2, 0.25) is 0 Å². The van der Waals surface area contributed by atoms with Gasteiger partial charge in [-0.15, -0.1) is 0 Å². The Morgan fingerprint density at radius 3 is 1.85 bits per heavy atom. The molecule has 2 aromatic rings. The third-order valence-electron chi connectivity index (χ3n) is 4.29. The third kappa shape index (κ3) is 7.34. The third-order valence-corrected chi connectivity index (χ3v) is 4.29. The van der Waals surface area contributed by atoms with Crippen molar-refractivity contribution in [2.45, 2.75) is 51.9 Å². The quantitative estimate of drug-likeness (QED) is 0.329. The molecule has 0 atom stereocenters. The molecule has 0 saturated carbocycles. The monoisotopic (exact) mass is 358 g/mol. The van der Waals surface area contributed by atoms with Crippen molar-refractivity contribution in [2.75, 3.05) is 19.8 Å². The standard InChI is InChI=1S/C22H30O4/c1-2-3-4-5-6-14-25-21-11-9-20-17-22(12-10-19(20)16-21)26-15-8-7-13-24-18-23/h9-12,16-18H,2-8,13-15H2,1H3. The number of rotatable bonds is 14. The Kier molecular flexibility index (Phi) is 9.41. The molecule has 26 heavy (non-hydrogen) atoms. The first-order valence-electron chi connectivity index (χ1n) is 9.68. The number of benzene rings is 2. The zero-order chi connectivity index (χ0) is 18.5. The van der Waals surface area contributed by atoms with E-state index in [1.807, 2.05) is 18.2 Å². The maximum atomic E-state index is 10.1. The summed E-state index contributed by atoms with van der Waals surface area (Å²) in [6, 6.07) is 12.3. The van der Waals surface area contributed by atoms with Crippen molar-refractivity contribution in [3.8, 4) is 11.5 Å². The van der Waals surface area contributed by atoms with Gasteiger partial charge in [-0.05, 0) is 54.3 Å². The summed E-state index contributed by atoms with van der Waals surface area (Å²) in [5.74, 6) is 1.79. The highest BCUT2D eigenvalue weighted by Crippen LogP contribution is 2.25. The molecule has 0 spiro atoms. The Labute approximate surface area is 156 Å². The SMILES string of the molecule is CCCCCCCOc1ccc2cc(OCCCCOC=O)ccc2c1. The fraction of sp³-hybridized carbons (Fsp3) is 0.500. The summed E-state index contributed by atoms with van der Waals surface area (Å²) in [7, 11) is 0. The maximum Gasteiger partial charge on any atom is 0.293 e. The van der Waals surface area contributed by atoms with E-state index in [1.165, 1.54) is 25.7 Å². The van der Waals surface area contributed by atoms with Crippen molar-refractivity contribution in [3.63, 3.8) is 0 Å². The molecular weight excluding hydrogens is 328 g/mol. The zero-order valence-corrected chi connectivity index (χ0v) is 15.7. The first-order chi connectivity index (χ1) is 12.8. The highest BCUT2D eigenvalue weighted by molar-refractivity contribution is 5.85. The smallest absolute Gasteiger partial charge is 0.293 e. The summed E-state index contributed by atoms with van der Waals surface area (Å²) >= 11 is 0. The van der Waals surface area contributed by atoms with Crippen molar-refractivity contribution < 1.29 is 19.0 Å². The van der Waals surface area contributed by atoms with Gasteiger partial charge in [-0.1, -0.05) is 44.7 Å². The van der Waals surface area contributed by atoms with E-state index in [2.05, 4.69) is 29.9 Å². The molecular formula is C22H30O4. The van der Waals surface area contributed by atoms with Crippen LogP contribution < -0.4 is 9.47 Å². The van der Waals surface area contributed by atoms with Gasteiger partial charge < -0.3 is 14.2 Å². The molecule has 0 amide bonds. The van der Waals surface area contributed by atoms with Crippen LogP contribution in [0.4, 0.5) is 0 Å². The topological polar surface area (TPSA) is 44.8 Å². The predicted molar refractivity (Wildman–Crippen MR) is 105 cm³/mol. The minimum Gasteiger partial charge on any atom is -0.494 e. The van der Waals surface area contributed by atoms with Gasteiger partial charge in [-0.3, -0.25) is 4.79 Å². The Morgan fingerprint density at radius 2 is 1.27 bits per heavy atom. The van der Waals surface area contributed by atoms with Gasteiger partial charge in [0, 0.05) is 0 Å². The number of ether oxygens (including phenoxy) is 3. The van der Waals surface area contributed by atoms with Crippen molar-refractivity contribution in [3.05, 3.63) is 36.4 Å². The van der Waals surface area contributed by atoms with Gasteiger partial charge in [0.15, 0.2) is 0 Å². The van der Waals surface area contributed by atoms with Gasteiger partial charge in [0.25, 0.3) is 6.47 Å². The van der Waals surface area contributed by atoms with Gasteiger partial charge in [-0.2, -0.15) is 0 Å². The molecule has 0 aliphatic carbocycles. The first kappa shape index (κ1) is 20.1. The number of hydrogen-bond acceptors (Lipinski definition) is 4. The lowest BCUT2D eigenvalue weighted by Gasteiger charge is -2.09. The highest BCUT2D eigenvalue weighted by Gasteiger charge is 2.01. The van der Waals surface area contributed by atoms with E-state index >= 15 is 0 Å². The van der Waals surface area contributed by atoms with E-state index in [1.54, 1.807) is 0 Å². The van der Waals surface area contributed by atoms with Crippen LogP contribution in [0.3, 0.4) is 0 Å². The Hall–Kier alpha value is -2.23. The fourth-order valence-electron chi connectivity index (χ4n) is 2.80. The van der Waals surface area contributed by atoms with Crippen molar-refractivity contribution in [1.82, 2.24) is 0 Å². The van der Waals surface area contributed by atoms with Crippen LogP contribution >= 0.6 is 0 Å². The summed E-state index contributed by atoms with van der Waals surface area (Å²) in [5, 5.41) is 2.29. The Balaban J connectivity index is 1.76. The first-order valence-corrected chi connectivity index (χ1v) is 9.68. The van der Waals surface area contributed by atoms with E-state index in [0.29, 0.717) is 19.7 Å². The van der Waals surface area contributed by atoms with Crippen LogP contribution in [0.2, 0.25) is 0 Å². The second-order valence-electron chi connectivity index (χ2n) is 6.46. The predicted octanol–water partition coefficient (Wildman–Crippen LogP) is 5.52. The summed E-state index contributed by atoms with van der Waals surface area (Å²) in [5.41, 5.74) is 0. The van der Waals surface area contributed by atoms with E-state index in [0.717, 1.165) is 48.1 Å². The molecule has 0 bridgehead atoms. The highest BCUT2D eigenvalue weighted by atomic mass is 16.5. The van der Waals surface area contributed by atoms with Crippen LogP contribution in [-0.4, -0.2) is 26.3 Å². The molecule has 0 saturated heterocycles. The molecule has 0 aliphatic rings. The number of carbonyl (C=O) groups is 1. The average molecular weight is 358 g/mol. The van der Waals surface area contributed by atoms with Crippen molar-refractivity contribution in [2.24, 2.45) is 0 Å². The number of fused-ring (bicyclic) bond motifs is 1. The number of unbranched alkanes of at least 4 members (excludes halogenated alkanes) is 5. The van der Waals surface area contributed by atoms with E-state index in [-0.39, 0.29) is 0 Å². The molecule has 0 fully saturated rings. The Bertz CT molecular complexity index is 654. The summed E-state index contributed by atoms with van der Waals surface area (Å²) < 4.78 is 16.3. The van der Waals surface area contributed by atoms with Crippen LogP contribution in [0, 0.1) is 0 Å². The molecule has 0 aromatic heterocycles. The second kappa shape index (κ2) is 12.2. The summed E-state index contributed by atoms with van der Waals surface area (Å²) in [6.07, 6.45) is 7.90. The van der Waals surface area contributed by atoms with Crippen LogP contribution in [0.25, 0.3) is 10.8 Å². The number of carbonyl (C=O) groups excluding carboxylic acids is 1. The largest absolute Gasteiger partial charge is 0.494 e. The van der Waals surface area contributed by atoms with Gasteiger partial charge in [-0.25, -0.2) is 0 Å². The lowest BCUT2D eigenvalue weighted by molar-refractivity contribution is -0.128. The maximum absolute atomic E-state index is 10.1. The summed E-state index contributed by atoms with van der Waals surface area (Å²) in [4.78, 5) is 10.1. The normalized spacial score (nSPS) is 10.7. The molecule has 142 valence electrons. The van der Waals surface area contributed by atoms with Crippen LogP contribution in [0.1, 0.15) is 51.9 Å². The van der Waals surface area contributed by atoms with Gasteiger partial charge >= 0.3 is 0 Å². The molecule has 0 N–H and O–H groups in total. The molecule has 4 nitrogen and oxygen atoms in total. The van der Waals surface area contributed by atoms with Gasteiger partial charge in [0.05, 0.1) is 19.8 Å². The summed E-state index contributed by atoms with van der Waals surface area (Å²) in [6.45, 7) is 4.56. The van der Waals surface area contributed by atoms with Gasteiger partial charge in [0.1, 0.15) is 11.5 Å².